The zero-order valence-corrected chi connectivity index (χ0v) is 25.5. The topological polar surface area (TPSA) is 21.9 Å². The van der Waals surface area contributed by atoms with Gasteiger partial charge < -0.3 is 4.42 Å². The fraction of sp³-hybridized carbons (Fsp3) is 0.256. The van der Waals surface area contributed by atoms with Crippen LogP contribution in [0.15, 0.2) is 95.4 Å². The van der Waals surface area contributed by atoms with E-state index < -0.39 is 0 Å². The quantitative estimate of drug-likeness (QED) is 0.189. The molecule has 0 unspecified atom stereocenters. The molecular formula is C39H39N2O+. The molecule has 0 radical (unpaired) electrons. The molecule has 2 heterocycles. The molecule has 7 aromatic rings. The number of aromatic nitrogens is 2. The number of fused-ring (bicyclic) bond motifs is 6. The first-order valence-electron chi connectivity index (χ1n) is 15.3. The highest BCUT2D eigenvalue weighted by molar-refractivity contribution is 6.16. The zero-order chi connectivity index (χ0) is 29.1. The molecule has 3 heteroatoms. The van der Waals surface area contributed by atoms with E-state index in [1.165, 1.54) is 61.0 Å². The molecule has 3 nitrogen and oxygen atoms in total. The summed E-state index contributed by atoms with van der Waals surface area (Å²) in [6, 6.07) is 33.2. The average Bonchev–Trinajstić information content (AvgIpc) is 3.49. The molecule has 2 aromatic heterocycles. The third-order valence-corrected chi connectivity index (χ3v) is 8.72. The maximum atomic E-state index is 6.75. The first kappa shape index (κ1) is 26.5. The second-order valence-electron chi connectivity index (χ2n) is 12.7. The van der Waals surface area contributed by atoms with Gasteiger partial charge in [0.2, 0.25) is 0 Å². The minimum absolute atomic E-state index is 0.556. The summed E-state index contributed by atoms with van der Waals surface area (Å²) < 4.78 is 11.7. The number of imidazole rings is 1. The summed E-state index contributed by atoms with van der Waals surface area (Å²) in [5.41, 5.74) is 10.9. The van der Waals surface area contributed by atoms with Crippen molar-refractivity contribution in [3.8, 4) is 17.1 Å². The summed E-state index contributed by atoms with van der Waals surface area (Å²) >= 11 is 0. The van der Waals surface area contributed by atoms with E-state index in [2.05, 4.69) is 142 Å². The van der Waals surface area contributed by atoms with Crippen molar-refractivity contribution in [2.75, 3.05) is 0 Å². The lowest BCUT2D eigenvalue weighted by Gasteiger charge is -2.17. The van der Waals surface area contributed by atoms with Gasteiger partial charge in [-0.25, -0.2) is 4.57 Å². The van der Waals surface area contributed by atoms with Gasteiger partial charge in [-0.2, -0.15) is 4.57 Å². The molecule has 0 atom stereocenters. The van der Waals surface area contributed by atoms with E-state index >= 15 is 0 Å². The highest BCUT2D eigenvalue weighted by Crippen LogP contribution is 2.40. The molecule has 0 aliphatic rings. The van der Waals surface area contributed by atoms with Gasteiger partial charge in [0.15, 0.2) is 11.0 Å². The summed E-state index contributed by atoms with van der Waals surface area (Å²) in [5, 5.41) is 4.70. The normalized spacial score (nSPS) is 12.2. The molecule has 0 aliphatic carbocycles. The Morgan fingerprint density at radius 2 is 1.31 bits per heavy atom. The number of nitrogens with zero attached hydrogens (tertiary/aromatic N) is 2. The lowest BCUT2D eigenvalue weighted by molar-refractivity contribution is -0.633. The Kier molecular flexibility index (Phi) is 6.42. The van der Waals surface area contributed by atoms with Crippen LogP contribution in [0.25, 0.3) is 60.8 Å². The molecule has 0 saturated carbocycles. The smallest absolute Gasteiger partial charge is 0.295 e. The number of benzene rings is 5. The van der Waals surface area contributed by atoms with Gasteiger partial charge in [0.1, 0.15) is 16.9 Å². The van der Waals surface area contributed by atoms with Crippen LogP contribution in [0.2, 0.25) is 0 Å². The Morgan fingerprint density at radius 3 is 2.05 bits per heavy atom. The molecule has 0 bridgehead atoms. The van der Waals surface area contributed by atoms with E-state index in [9.17, 15) is 0 Å². The Labute approximate surface area is 248 Å². The number of aryl methyl sites for hydroxylation is 2. The fourth-order valence-electron chi connectivity index (χ4n) is 6.93. The Bertz CT molecular complexity index is 2090. The van der Waals surface area contributed by atoms with E-state index in [4.69, 9.17) is 4.42 Å². The van der Waals surface area contributed by atoms with Crippen molar-refractivity contribution >= 4 is 43.7 Å². The van der Waals surface area contributed by atoms with Gasteiger partial charge in [-0.3, -0.25) is 0 Å². The van der Waals surface area contributed by atoms with Crippen LogP contribution in [0.3, 0.4) is 0 Å². The Balaban J connectivity index is 1.57. The molecule has 0 amide bonds. The lowest BCUT2D eigenvalue weighted by Crippen LogP contribution is -2.30. The van der Waals surface area contributed by atoms with Gasteiger partial charge >= 0.3 is 0 Å². The molecular weight excluding hydrogens is 512 g/mol. The highest BCUT2D eigenvalue weighted by atomic mass is 16.3. The number of para-hydroxylation sites is 3. The van der Waals surface area contributed by atoms with Gasteiger partial charge in [-0.15, -0.1) is 0 Å². The van der Waals surface area contributed by atoms with E-state index in [1.807, 2.05) is 0 Å². The van der Waals surface area contributed by atoms with Crippen LogP contribution in [0.1, 0.15) is 44.4 Å². The monoisotopic (exact) mass is 551 g/mol. The number of hydrogen-bond acceptors (Lipinski definition) is 1. The Morgan fingerprint density at radius 1 is 0.667 bits per heavy atom. The van der Waals surface area contributed by atoms with E-state index in [0.29, 0.717) is 11.8 Å². The molecule has 210 valence electrons. The molecule has 42 heavy (non-hydrogen) atoms. The van der Waals surface area contributed by atoms with Crippen molar-refractivity contribution in [3.63, 3.8) is 0 Å². The summed E-state index contributed by atoms with van der Waals surface area (Å²) in [7, 11) is 2.21. The molecule has 0 N–H and O–H groups in total. The van der Waals surface area contributed by atoms with Gasteiger partial charge in [-0.1, -0.05) is 88.4 Å². The van der Waals surface area contributed by atoms with Gasteiger partial charge in [0, 0.05) is 21.7 Å². The highest BCUT2D eigenvalue weighted by Gasteiger charge is 2.31. The first-order valence-corrected chi connectivity index (χ1v) is 15.3. The van der Waals surface area contributed by atoms with Crippen LogP contribution in [0.5, 0.6) is 0 Å². The number of rotatable bonds is 6. The summed E-state index contributed by atoms with van der Waals surface area (Å²) in [6.07, 6.45) is 2.07. The lowest BCUT2D eigenvalue weighted by atomic mass is 9.93. The van der Waals surface area contributed by atoms with Crippen molar-refractivity contribution in [1.82, 2.24) is 4.57 Å². The van der Waals surface area contributed by atoms with E-state index in [0.717, 1.165) is 29.4 Å². The third kappa shape index (κ3) is 4.14. The molecule has 0 spiro atoms. The van der Waals surface area contributed by atoms with Crippen LogP contribution >= 0.6 is 0 Å². The summed E-state index contributed by atoms with van der Waals surface area (Å²) in [5.74, 6) is 2.29. The number of hydrogen-bond donors (Lipinski definition) is 0. The van der Waals surface area contributed by atoms with Crippen LogP contribution in [0, 0.1) is 18.8 Å². The van der Waals surface area contributed by atoms with E-state index in [-0.39, 0.29) is 0 Å². The molecule has 0 saturated heterocycles. The van der Waals surface area contributed by atoms with Crippen molar-refractivity contribution < 1.29 is 8.98 Å². The van der Waals surface area contributed by atoms with Crippen molar-refractivity contribution in [2.24, 2.45) is 18.9 Å². The SMILES string of the molecule is Cc1c(-c2n(-c3c(CC(C)C)cccc3CC(C)C)c3ccccc3[n+]2C)ccc2c1oc1c3ccccc3ccc21. The second kappa shape index (κ2) is 10.2. The first-order chi connectivity index (χ1) is 20.3. The fourth-order valence-corrected chi connectivity index (χ4v) is 6.93. The number of furan rings is 1. The average molecular weight is 552 g/mol. The minimum atomic E-state index is 0.556. The van der Waals surface area contributed by atoms with Crippen LogP contribution in [0.4, 0.5) is 0 Å². The predicted molar refractivity (Wildman–Crippen MR) is 176 cm³/mol. The summed E-state index contributed by atoms with van der Waals surface area (Å²) in [6.45, 7) is 11.5. The van der Waals surface area contributed by atoms with Crippen molar-refractivity contribution in [3.05, 3.63) is 108 Å². The van der Waals surface area contributed by atoms with Gasteiger partial charge in [0.05, 0.1) is 12.6 Å². The van der Waals surface area contributed by atoms with Crippen LogP contribution in [-0.4, -0.2) is 4.57 Å². The molecule has 0 aliphatic heterocycles. The molecule has 7 rings (SSSR count). The van der Waals surface area contributed by atoms with Crippen LogP contribution < -0.4 is 4.57 Å². The predicted octanol–water partition coefficient (Wildman–Crippen LogP) is 9.88. The largest absolute Gasteiger partial charge is 0.455 e. The maximum absolute atomic E-state index is 6.75. The van der Waals surface area contributed by atoms with Crippen molar-refractivity contribution in [2.45, 2.75) is 47.5 Å². The summed E-state index contributed by atoms with van der Waals surface area (Å²) in [4.78, 5) is 0. The maximum Gasteiger partial charge on any atom is 0.295 e. The Hall–Kier alpha value is -4.37. The minimum Gasteiger partial charge on any atom is -0.455 e. The van der Waals surface area contributed by atoms with E-state index in [1.54, 1.807) is 0 Å². The van der Waals surface area contributed by atoms with Crippen molar-refractivity contribution in [1.29, 1.82) is 0 Å². The molecule has 5 aromatic carbocycles. The second-order valence-corrected chi connectivity index (χ2v) is 12.7. The standard InChI is InChI=1S/C39H39N2O/c1-24(2)22-28-13-11-14-29(23-25(3)4)36(28)41-35-17-10-9-16-34(35)40(6)39(41)30-20-21-32-33-19-18-27-12-7-8-15-31(27)38(33)42-37(32)26(30)5/h7-21,24-25H,22-23H2,1-6H3/q+1. The van der Waals surface area contributed by atoms with Gasteiger partial charge in [0.25, 0.3) is 5.82 Å². The van der Waals surface area contributed by atoms with Gasteiger partial charge in [-0.05, 0) is 78.4 Å². The third-order valence-electron chi connectivity index (χ3n) is 8.72. The zero-order valence-electron chi connectivity index (χ0n) is 25.5. The van der Waals surface area contributed by atoms with Crippen LogP contribution in [-0.2, 0) is 19.9 Å². The molecule has 0 fully saturated rings.